The van der Waals surface area contributed by atoms with Crippen LogP contribution in [0.1, 0.15) is 19.5 Å². The van der Waals surface area contributed by atoms with E-state index in [0.717, 1.165) is 19.6 Å². The fourth-order valence-electron chi connectivity index (χ4n) is 1.24. The quantitative estimate of drug-likeness (QED) is 0.777. The number of likely N-dealkylation sites (N-methyl/N-ethyl adjacent to an activating group) is 2. The number of nitrogens with zero attached hydrogens (tertiary/aromatic N) is 2. The molecule has 0 aromatic carbocycles. The topological polar surface area (TPSA) is 28.2 Å². The van der Waals surface area contributed by atoms with Gasteiger partial charge in [-0.15, -0.1) is 11.3 Å². The van der Waals surface area contributed by atoms with Crippen LogP contribution in [0.15, 0.2) is 10.9 Å². The van der Waals surface area contributed by atoms with E-state index in [0.29, 0.717) is 6.04 Å². The zero-order valence-corrected chi connectivity index (χ0v) is 9.97. The lowest BCUT2D eigenvalue weighted by molar-refractivity contribution is 0.241. The number of rotatable bonds is 6. The van der Waals surface area contributed by atoms with Crippen LogP contribution in [-0.4, -0.2) is 36.1 Å². The molecule has 1 unspecified atom stereocenters. The molecule has 0 radical (unpaired) electrons. The van der Waals surface area contributed by atoms with E-state index < -0.39 is 0 Å². The molecule has 0 saturated heterocycles. The van der Waals surface area contributed by atoms with Crippen LogP contribution in [0.3, 0.4) is 0 Å². The molecule has 80 valence electrons. The van der Waals surface area contributed by atoms with Crippen molar-refractivity contribution in [3.05, 3.63) is 16.6 Å². The molecule has 0 bridgehead atoms. The largest absolute Gasteiger partial charge is 0.315 e. The number of thiazole rings is 1. The Morgan fingerprint density at radius 1 is 1.64 bits per heavy atom. The molecule has 0 spiro atoms. The van der Waals surface area contributed by atoms with E-state index in [4.69, 9.17) is 0 Å². The van der Waals surface area contributed by atoms with Crippen LogP contribution in [0.5, 0.6) is 0 Å². The molecule has 1 heterocycles. The van der Waals surface area contributed by atoms with Crippen molar-refractivity contribution in [2.75, 3.05) is 20.1 Å². The van der Waals surface area contributed by atoms with Gasteiger partial charge in [-0.3, -0.25) is 4.90 Å². The molecule has 4 heteroatoms. The van der Waals surface area contributed by atoms with E-state index in [-0.39, 0.29) is 0 Å². The highest BCUT2D eigenvalue weighted by Gasteiger charge is 2.09. The first-order valence-electron chi connectivity index (χ1n) is 5.02. The Balaban J connectivity index is 2.30. The SMILES string of the molecule is CCNCC(C)N(C)Cc1cscn1. The first kappa shape index (κ1) is 11.6. The van der Waals surface area contributed by atoms with Gasteiger partial charge in [-0.2, -0.15) is 0 Å². The zero-order chi connectivity index (χ0) is 10.4. The summed E-state index contributed by atoms with van der Waals surface area (Å²) in [5, 5.41) is 5.46. The number of aromatic nitrogens is 1. The minimum Gasteiger partial charge on any atom is -0.315 e. The summed E-state index contributed by atoms with van der Waals surface area (Å²) in [7, 11) is 2.14. The molecule has 14 heavy (non-hydrogen) atoms. The maximum Gasteiger partial charge on any atom is 0.0795 e. The Morgan fingerprint density at radius 3 is 3.00 bits per heavy atom. The molecule has 1 aromatic heterocycles. The highest BCUT2D eigenvalue weighted by Crippen LogP contribution is 2.06. The maximum absolute atomic E-state index is 4.28. The summed E-state index contributed by atoms with van der Waals surface area (Å²) in [6.07, 6.45) is 0. The number of hydrogen-bond acceptors (Lipinski definition) is 4. The predicted octanol–water partition coefficient (Wildman–Crippen LogP) is 1.57. The van der Waals surface area contributed by atoms with Crippen molar-refractivity contribution in [1.29, 1.82) is 0 Å². The first-order valence-corrected chi connectivity index (χ1v) is 5.96. The van der Waals surface area contributed by atoms with Crippen molar-refractivity contribution in [1.82, 2.24) is 15.2 Å². The summed E-state index contributed by atoms with van der Waals surface area (Å²) < 4.78 is 0. The van der Waals surface area contributed by atoms with E-state index in [2.05, 4.69) is 41.5 Å². The second-order valence-electron chi connectivity index (χ2n) is 3.55. The van der Waals surface area contributed by atoms with Crippen molar-refractivity contribution in [2.45, 2.75) is 26.4 Å². The van der Waals surface area contributed by atoms with Crippen LogP contribution in [0.4, 0.5) is 0 Å². The Kier molecular flexibility index (Phi) is 5.07. The van der Waals surface area contributed by atoms with Gasteiger partial charge in [0.05, 0.1) is 11.2 Å². The summed E-state index contributed by atoms with van der Waals surface area (Å²) in [4.78, 5) is 6.59. The lowest BCUT2D eigenvalue weighted by Crippen LogP contribution is -2.37. The van der Waals surface area contributed by atoms with E-state index in [1.54, 1.807) is 11.3 Å². The minimum absolute atomic E-state index is 0.552. The summed E-state index contributed by atoms with van der Waals surface area (Å²) in [5.74, 6) is 0. The monoisotopic (exact) mass is 213 g/mol. The first-order chi connectivity index (χ1) is 6.74. The van der Waals surface area contributed by atoms with E-state index >= 15 is 0 Å². The lowest BCUT2D eigenvalue weighted by Gasteiger charge is -2.23. The van der Waals surface area contributed by atoms with Crippen LogP contribution in [0.25, 0.3) is 0 Å². The van der Waals surface area contributed by atoms with Gasteiger partial charge in [0.1, 0.15) is 0 Å². The van der Waals surface area contributed by atoms with Crippen LogP contribution >= 0.6 is 11.3 Å². The molecule has 0 aliphatic carbocycles. The van der Waals surface area contributed by atoms with Crippen molar-refractivity contribution < 1.29 is 0 Å². The molecule has 0 aliphatic heterocycles. The third-order valence-electron chi connectivity index (χ3n) is 2.34. The Morgan fingerprint density at radius 2 is 2.43 bits per heavy atom. The van der Waals surface area contributed by atoms with Crippen LogP contribution in [0.2, 0.25) is 0 Å². The molecule has 0 saturated carbocycles. The second-order valence-corrected chi connectivity index (χ2v) is 4.27. The van der Waals surface area contributed by atoms with Gasteiger partial charge in [0.2, 0.25) is 0 Å². The van der Waals surface area contributed by atoms with Gasteiger partial charge in [-0.05, 0) is 20.5 Å². The van der Waals surface area contributed by atoms with E-state index in [9.17, 15) is 0 Å². The summed E-state index contributed by atoms with van der Waals surface area (Å²) >= 11 is 1.66. The van der Waals surface area contributed by atoms with Crippen molar-refractivity contribution in [3.63, 3.8) is 0 Å². The summed E-state index contributed by atoms with van der Waals surface area (Å²) in [5.41, 5.74) is 3.05. The zero-order valence-electron chi connectivity index (χ0n) is 9.16. The van der Waals surface area contributed by atoms with Gasteiger partial charge in [-0.25, -0.2) is 4.98 Å². The Labute approximate surface area is 90.2 Å². The number of nitrogens with one attached hydrogen (secondary N) is 1. The normalized spacial score (nSPS) is 13.4. The third kappa shape index (κ3) is 3.74. The minimum atomic E-state index is 0.552. The molecule has 0 amide bonds. The van der Waals surface area contributed by atoms with Gasteiger partial charge < -0.3 is 5.32 Å². The second kappa shape index (κ2) is 6.11. The van der Waals surface area contributed by atoms with Crippen LogP contribution in [0, 0.1) is 0 Å². The molecule has 1 aromatic rings. The molecular weight excluding hydrogens is 194 g/mol. The highest BCUT2D eigenvalue weighted by molar-refractivity contribution is 7.07. The Hall–Kier alpha value is -0.450. The van der Waals surface area contributed by atoms with Crippen molar-refractivity contribution in [2.24, 2.45) is 0 Å². The smallest absolute Gasteiger partial charge is 0.0795 e. The van der Waals surface area contributed by atoms with Gasteiger partial charge in [-0.1, -0.05) is 6.92 Å². The molecule has 1 N–H and O–H groups in total. The van der Waals surface area contributed by atoms with Gasteiger partial charge in [0.15, 0.2) is 0 Å². The fourth-order valence-corrected chi connectivity index (χ4v) is 1.79. The predicted molar refractivity (Wildman–Crippen MR) is 61.6 cm³/mol. The van der Waals surface area contributed by atoms with Crippen molar-refractivity contribution >= 4 is 11.3 Å². The van der Waals surface area contributed by atoms with Gasteiger partial charge in [0, 0.05) is 24.5 Å². The summed E-state index contributed by atoms with van der Waals surface area (Å²) in [6.45, 7) is 7.38. The van der Waals surface area contributed by atoms with Crippen LogP contribution < -0.4 is 5.32 Å². The summed E-state index contributed by atoms with van der Waals surface area (Å²) in [6, 6.07) is 0.552. The molecular formula is C10H19N3S. The lowest BCUT2D eigenvalue weighted by atomic mass is 10.3. The maximum atomic E-state index is 4.28. The average Bonchev–Trinajstić information content (AvgIpc) is 2.66. The standard InChI is InChI=1S/C10H19N3S/c1-4-11-5-9(2)13(3)6-10-7-14-8-12-10/h7-9,11H,4-6H2,1-3H3. The van der Waals surface area contributed by atoms with Crippen LogP contribution in [-0.2, 0) is 6.54 Å². The molecule has 0 aliphatic rings. The van der Waals surface area contributed by atoms with E-state index in [1.165, 1.54) is 5.69 Å². The van der Waals surface area contributed by atoms with Gasteiger partial charge >= 0.3 is 0 Å². The van der Waals surface area contributed by atoms with Gasteiger partial charge in [0.25, 0.3) is 0 Å². The van der Waals surface area contributed by atoms with Crippen molar-refractivity contribution in [3.8, 4) is 0 Å². The average molecular weight is 213 g/mol. The van der Waals surface area contributed by atoms with E-state index in [1.807, 2.05) is 5.51 Å². The fraction of sp³-hybridized carbons (Fsp3) is 0.700. The molecule has 3 nitrogen and oxygen atoms in total. The molecule has 1 atom stereocenters. The third-order valence-corrected chi connectivity index (χ3v) is 2.97. The highest BCUT2D eigenvalue weighted by atomic mass is 32.1. The molecule has 0 fully saturated rings. The Bertz CT molecular complexity index is 236. The molecule has 1 rings (SSSR count). The number of hydrogen-bond donors (Lipinski definition) is 1.